The molecule has 1 N–H and O–H groups in total. The molecule has 3 aromatic rings. The molecule has 1 aliphatic rings. The molecule has 0 spiro atoms. The van der Waals surface area contributed by atoms with E-state index in [0.717, 1.165) is 24.4 Å². The maximum atomic E-state index is 12.7. The molecule has 26 heavy (non-hydrogen) atoms. The van der Waals surface area contributed by atoms with Crippen LogP contribution in [0.4, 0.5) is 0 Å². The van der Waals surface area contributed by atoms with Crippen LogP contribution in [0.15, 0.2) is 23.8 Å². The molecular weight excluding hydrogens is 348 g/mol. The van der Waals surface area contributed by atoms with Crippen molar-refractivity contribution >= 4 is 34.2 Å². The summed E-state index contributed by atoms with van der Waals surface area (Å²) in [6, 6.07) is 1.86. The fourth-order valence-corrected chi connectivity index (χ4v) is 3.71. The lowest BCUT2D eigenvalue weighted by atomic mass is 9.87. The number of hydrogen-bond donors (Lipinski definition) is 1. The number of Topliss-reactive ketones (excluding diaryl/α,β-unsaturated/α-hetero) is 1. The first kappa shape index (κ1) is 16.9. The van der Waals surface area contributed by atoms with E-state index in [1.165, 1.54) is 11.3 Å². The van der Waals surface area contributed by atoms with Gasteiger partial charge in [0, 0.05) is 30.1 Å². The highest BCUT2D eigenvalue weighted by Crippen LogP contribution is 2.30. The van der Waals surface area contributed by atoms with E-state index in [4.69, 9.17) is 0 Å². The molecule has 1 aliphatic heterocycles. The van der Waals surface area contributed by atoms with Gasteiger partial charge in [0.15, 0.2) is 11.4 Å². The van der Waals surface area contributed by atoms with Gasteiger partial charge in [0.1, 0.15) is 5.52 Å². The predicted octanol–water partition coefficient (Wildman–Crippen LogP) is 3.76. The van der Waals surface area contributed by atoms with Crippen LogP contribution in [-0.2, 0) is 0 Å². The molecule has 0 atom stereocenters. The van der Waals surface area contributed by atoms with Crippen LogP contribution in [0.1, 0.15) is 47.9 Å². The van der Waals surface area contributed by atoms with Gasteiger partial charge in [0.2, 0.25) is 0 Å². The molecule has 134 valence electrons. The summed E-state index contributed by atoms with van der Waals surface area (Å²) in [4.78, 5) is 39.8. The first-order chi connectivity index (χ1) is 12.3. The summed E-state index contributed by atoms with van der Waals surface area (Å²) in [7, 11) is 0. The number of nitrogens with zero attached hydrogens (tertiary/aromatic N) is 3. The Balaban J connectivity index is 1.70. The van der Waals surface area contributed by atoms with Crippen LogP contribution in [0, 0.1) is 5.41 Å². The van der Waals surface area contributed by atoms with Crippen LogP contribution in [0.25, 0.3) is 21.7 Å². The molecule has 0 unspecified atom stereocenters. The molecule has 0 radical (unpaired) electrons. The Morgan fingerprint density at radius 1 is 1.27 bits per heavy atom. The number of carbonyl (C=O) groups is 2. The van der Waals surface area contributed by atoms with Crippen LogP contribution >= 0.6 is 11.3 Å². The smallest absolute Gasteiger partial charge is 0.254 e. The molecule has 7 heteroatoms. The van der Waals surface area contributed by atoms with Gasteiger partial charge in [-0.2, -0.15) is 0 Å². The summed E-state index contributed by atoms with van der Waals surface area (Å²) >= 11 is 1.47. The third-order valence-electron chi connectivity index (χ3n) is 4.55. The van der Waals surface area contributed by atoms with Crippen molar-refractivity contribution in [1.29, 1.82) is 0 Å². The van der Waals surface area contributed by atoms with Crippen LogP contribution < -0.4 is 0 Å². The Hall–Kier alpha value is -2.54. The number of nitrogens with one attached hydrogen (secondary N) is 1. The van der Waals surface area contributed by atoms with Crippen molar-refractivity contribution in [2.24, 2.45) is 5.41 Å². The van der Waals surface area contributed by atoms with Crippen molar-refractivity contribution in [3.8, 4) is 10.6 Å². The Morgan fingerprint density at radius 2 is 2.04 bits per heavy atom. The minimum atomic E-state index is -0.494. The van der Waals surface area contributed by atoms with E-state index >= 15 is 0 Å². The van der Waals surface area contributed by atoms with Gasteiger partial charge >= 0.3 is 0 Å². The number of carbonyl (C=O) groups excluding carboxylic acids is 2. The molecule has 4 rings (SSSR count). The fraction of sp³-hybridized carbons (Fsp3) is 0.368. The quantitative estimate of drug-likeness (QED) is 0.714. The summed E-state index contributed by atoms with van der Waals surface area (Å²) in [5, 5.41) is 1.86. The monoisotopic (exact) mass is 368 g/mol. The number of hydrogen-bond acceptors (Lipinski definition) is 5. The molecule has 0 saturated carbocycles. The van der Waals surface area contributed by atoms with E-state index in [1.807, 2.05) is 37.1 Å². The van der Waals surface area contributed by atoms with Crippen LogP contribution in [-0.4, -0.2) is 44.6 Å². The second-order valence-electron chi connectivity index (χ2n) is 7.58. The Labute approximate surface area is 155 Å². The molecular formula is C19H20N4O2S. The second-order valence-corrected chi connectivity index (χ2v) is 8.49. The number of rotatable bonds is 3. The van der Waals surface area contributed by atoms with E-state index in [2.05, 4.69) is 15.0 Å². The number of thiophene rings is 1. The van der Waals surface area contributed by atoms with Gasteiger partial charge < -0.3 is 9.88 Å². The van der Waals surface area contributed by atoms with E-state index in [9.17, 15) is 9.59 Å². The van der Waals surface area contributed by atoms with Crippen LogP contribution in [0.2, 0.25) is 0 Å². The third-order valence-corrected chi connectivity index (χ3v) is 5.50. The van der Waals surface area contributed by atoms with Crippen molar-refractivity contribution in [3.05, 3.63) is 35.0 Å². The summed E-state index contributed by atoms with van der Waals surface area (Å²) < 4.78 is 0. The molecule has 0 aromatic carbocycles. The average molecular weight is 368 g/mol. The number of ketones is 1. The maximum Gasteiger partial charge on any atom is 0.254 e. The Bertz CT molecular complexity index is 1010. The van der Waals surface area contributed by atoms with Crippen molar-refractivity contribution in [2.45, 2.75) is 27.2 Å². The molecule has 3 aromatic heterocycles. The van der Waals surface area contributed by atoms with Crippen LogP contribution in [0.3, 0.4) is 0 Å². The zero-order valence-corrected chi connectivity index (χ0v) is 15.8. The lowest BCUT2D eigenvalue weighted by Gasteiger charge is -2.30. The molecule has 0 aliphatic carbocycles. The minimum absolute atomic E-state index is 0.0232. The third kappa shape index (κ3) is 2.82. The van der Waals surface area contributed by atoms with E-state index in [0.29, 0.717) is 28.0 Å². The number of aromatic nitrogens is 3. The molecule has 1 saturated heterocycles. The number of fused-ring (bicyclic) bond motifs is 1. The van der Waals surface area contributed by atoms with Gasteiger partial charge in [0.25, 0.3) is 5.91 Å². The van der Waals surface area contributed by atoms with Crippen molar-refractivity contribution in [2.75, 3.05) is 13.1 Å². The van der Waals surface area contributed by atoms with Gasteiger partial charge in [-0.1, -0.05) is 20.8 Å². The highest BCUT2D eigenvalue weighted by atomic mass is 32.1. The molecule has 1 fully saturated rings. The topological polar surface area (TPSA) is 79.0 Å². The average Bonchev–Trinajstić information content (AvgIpc) is 3.18. The maximum absolute atomic E-state index is 12.7. The van der Waals surface area contributed by atoms with Gasteiger partial charge in [-0.05, 0) is 12.5 Å². The largest absolute Gasteiger partial charge is 0.344 e. The van der Waals surface area contributed by atoms with E-state index in [-0.39, 0.29) is 11.7 Å². The van der Waals surface area contributed by atoms with Crippen molar-refractivity contribution in [1.82, 2.24) is 19.9 Å². The van der Waals surface area contributed by atoms with Gasteiger partial charge in [-0.3, -0.25) is 9.59 Å². The fourth-order valence-electron chi connectivity index (χ4n) is 2.87. The van der Waals surface area contributed by atoms with Gasteiger partial charge in [0.05, 0.1) is 27.9 Å². The normalized spacial score (nSPS) is 14.5. The number of likely N-dealkylation sites (tertiary alicyclic amines) is 1. The molecule has 1 amide bonds. The van der Waals surface area contributed by atoms with Crippen LogP contribution in [0.5, 0.6) is 0 Å². The van der Waals surface area contributed by atoms with Crippen molar-refractivity contribution < 1.29 is 9.59 Å². The van der Waals surface area contributed by atoms with E-state index in [1.54, 1.807) is 12.4 Å². The summed E-state index contributed by atoms with van der Waals surface area (Å²) in [6.45, 7) is 7.32. The van der Waals surface area contributed by atoms with E-state index < -0.39 is 5.41 Å². The highest BCUT2D eigenvalue weighted by Gasteiger charge is 2.27. The summed E-state index contributed by atoms with van der Waals surface area (Å²) in [5.74, 6) is 0.0908. The van der Waals surface area contributed by atoms with Gasteiger partial charge in [-0.15, -0.1) is 11.3 Å². The van der Waals surface area contributed by atoms with Gasteiger partial charge in [-0.25, -0.2) is 9.97 Å². The second kappa shape index (κ2) is 6.02. The first-order valence-electron chi connectivity index (χ1n) is 8.62. The summed E-state index contributed by atoms with van der Waals surface area (Å²) in [6.07, 6.45) is 4.42. The molecule has 4 heterocycles. The lowest BCUT2D eigenvalue weighted by molar-refractivity contribution is 0.0652. The number of aromatic amines is 1. The number of H-pyrrole nitrogens is 1. The molecule has 0 bridgehead atoms. The Morgan fingerprint density at radius 3 is 2.69 bits per heavy atom. The molecule has 6 nitrogen and oxygen atoms in total. The lowest BCUT2D eigenvalue weighted by Crippen LogP contribution is -2.41. The first-order valence-corrected chi connectivity index (χ1v) is 9.49. The Kier molecular flexibility index (Phi) is 3.91. The standard InChI is InChI=1S/C19H20N4O2S/c1-19(2,3)16(24)12-8-20-17-15(12)22-13(9-21-17)14-7-11(10-26-14)18(25)23-5-4-6-23/h7-10H,4-6H2,1-3H3,(H,20,21). The zero-order chi connectivity index (χ0) is 18.5. The highest BCUT2D eigenvalue weighted by molar-refractivity contribution is 7.13. The van der Waals surface area contributed by atoms with Crippen molar-refractivity contribution in [3.63, 3.8) is 0 Å². The summed E-state index contributed by atoms with van der Waals surface area (Å²) in [5.41, 5.74) is 2.59. The SMILES string of the molecule is CC(C)(C)C(=O)c1c[nH]c2ncc(-c3cc(C(=O)N4CCC4)cs3)nc12. The predicted molar refractivity (Wildman–Crippen MR) is 102 cm³/mol. The zero-order valence-electron chi connectivity index (χ0n) is 15.0. The minimum Gasteiger partial charge on any atom is -0.344 e. The number of amides is 1.